The summed E-state index contributed by atoms with van der Waals surface area (Å²) in [5.41, 5.74) is 1.52. The van der Waals surface area contributed by atoms with Crippen molar-refractivity contribution in [1.29, 1.82) is 0 Å². The second-order valence-electron chi connectivity index (χ2n) is 6.96. The number of imide groups is 1. The van der Waals surface area contributed by atoms with Gasteiger partial charge in [0.15, 0.2) is 5.16 Å². The van der Waals surface area contributed by atoms with E-state index in [0.29, 0.717) is 33.9 Å². The molecule has 168 valence electrons. The van der Waals surface area contributed by atoms with Crippen LogP contribution in [0.3, 0.4) is 0 Å². The summed E-state index contributed by atoms with van der Waals surface area (Å²) in [4.78, 5) is 42.0. The number of carbonyl (C=O) groups is 2. The van der Waals surface area contributed by atoms with E-state index in [-0.39, 0.29) is 16.5 Å². The van der Waals surface area contributed by atoms with Crippen molar-refractivity contribution in [3.8, 4) is 11.4 Å². The third kappa shape index (κ3) is 5.41. The average Bonchev–Trinajstić information content (AvgIpc) is 2.76. The van der Waals surface area contributed by atoms with Gasteiger partial charge in [-0.05, 0) is 49.2 Å². The number of amides is 3. The fourth-order valence-corrected chi connectivity index (χ4v) is 3.97. The van der Waals surface area contributed by atoms with Crippen molar-refractivity contribution in [2.45, 2.75) is 25.4 Å². The van der Waals surface area contributed by atoms with Crippen molar-refractivity contribution in [1.82, 2.24) is 20.2 Å². The number of nitrogens with one attached hydrogen (secondary N) is 2. The van der Waals surface area contributed by atoms with E-state index in [4.69, 9.17) is 16.3 Å². The minimum atomic E-state index is -0.562. The number of aryl methyl sites for hydroxylation is 1. The molecule has 3 aromatic rings. The molecule has 3 rings (SSSR count). The lowest BCUT2D eigenvalue weighted by Crippen LogP contribution is -2.40. The molecule has 0 bridgehead atoms. The molecule has 0 aliphatic heterocycles. The van der Waals surface area contributed by atoms with Crippen LogP contribution < -0.4 is 20.9 Å². The van der Waals surface area contributed by atoms with Crippen LogP contribution in [0.25, 0.3) is 16.6 Å². The van der Waals surface area contributed by atoms with E-state index in [2.05, 4.69) is 15.6 Å². The zero-order chi connectivity index (χ0) is 23.3. The van der Waals surface area contributed by atoms with Gasteiger partial charge >= 0.3 is 6.03 Å². The molecular formula is C22H23ClN4O4S. The number of urea groups is 1. The number of thioether (sulfide) groups is 1. The van der Waals surface area contributed by atoms with Crippen LogP contribution in [0.15, 0.2) is 46.3 Å². The molecule has 0 aliphatic rings. The molecule has 1 heterocycles. The van der Waals surface area contributed by atoms with Gasteiger partial charge in [0.2, 0.25) is 5.91 Å². The van der Waals surface area contributed by atoms with Crippen molar-refractivity contribution in [3.05, 3.63) is 57.3 Å². The minimum absolute atomic E-state index is 0.119. The van der Waals surface area contributed by atoms with Gasteiger partial charge in [-0.25, -0.2) is 9.78 Å². The minimum Gasteiger partial charge on any atom is -0.495 e. The second-order valence-corrected chi connectivity index (χ2v) is 8.34. The molecule has 2 N–H and O–H groups in total. The maximum atomic E-state index is 13.4. The molecular weight excluding hydrogens is 452 g/mol. The number of fused-ring (bicyclic) bond motifs is 1. The Morgan fingerprint density at radius 3 is 2.72 bits per heavy atom. The van der Waals surface area contributed by atoms with E-state index in [1.165, 1.54) is 11.7 Å². The Morgan fingerprint density at radius 2 is 2.00 bits per heavy atom. The first-order chi connectivity index (χ1) is 15.3. The Kier molecular flexibility index (Phi) is 7.76. The highest BCUT2D eigenvalue weighted by molar-refractivity contribution is 7.99. The molecule has 0 aliphatic carbocycles. The number of hydrogen-bond donors (Lipinski definition) is 2. The van der Waals surface area contributed by atoms with Gasteiger partial charge in [-0.15, -0.1) is 0 Å². The third-order valence-electron chi connectivity index (χ3n) is 4.50. The maximum absolute atomic E-state index is 13.4. The highest BCUT2D eigenvalue weighted by Crippen LogP contribution is 2.28. The number of hydrogen-bond acceptors (Lipinski definition) is 6. The van der Waals surface area contributed by atoms with Crippen LogP contribution in [0, 0.1) is 6.92 Å². The molecule has 0 unspecified atom stereocenters. The fourth-order valence-electron chi connectivity index (χ4n) is 3.00. The molecule has 0 radical (unpaired) electrons. The van der Waals surface area contributed by atoms with Crippen molar-refractivity contribution < 1.29 is 14.3 Å². The monoisotopic (exact) mass is 474 g/mol. The topological polar surface area (TPSA) is 102 Å². The van der Waals surface area contributed by atoms with Gasteiger partial charge < -0.3 is 10.1 Å². The number of carbonyl (C=O) groups excluding carboxylic acids is 2. The van der Waals surface area contributed by atoms with Gasteiger partial charge in [-0.2, -0.15) is 0 Å². The van der Waals surface area contributed by atoms with Gasteiger partial charge in [-0.3, -0.25) is 19.5 Å². The third-order valence-corrected chi connectivity index (χ3v) is 5.67. The predicted molar refractivity (Wildman–Crippen MR) is 126 cm³/mol. The first kappa shape index (κ1) is 23.6. The van der Waals surface area contributed by atoms with E-state index in [1.54, 1.807) is 24.3 Å². The molecule has 1 aromatic heterocycles. The summed E-state index contributed by atoms with van der Waals surface area (Å²) in [6, 6.07) is 9.72. The molecule has 3 amide bonds. The number of nitrogens with zero attached hydrogens (tertiary/aromatic N) is 2. The zero-order valence-corrected chi connectivity index (χ0v) is 19.5. The van der Waals surface area contributed by atoms with Gasteiger partial charge in [0.1, 0.15) is 5.75 Å². The molecule has 2 aromatic carbocycles. The number of benzene rings is 2. The van der Waals surface area contributed by atoms with Crippen LogP contribution in [0.1, 0.15) is 18.9 Å². The Balaban J connectivity index is 2.04. The molecule has 8 nitrogen and oxygen atoms in total. The van der Waals surface area contributed by atoms with Crippen LogP contribution in [0.4, 0.5) is 4.79 Å². The Bertz CT molecular complexity index is 1230. The van der Waals surface area contributed by atoms with Crippen molar-refractivity contribution in [2.75, 3.05) is 19.4 Å². The van der Waals surface area contributed by atoms with Crippen LogP contribution in [0.5, 0.6) is 5.75 Å². The predicted octanol–water partition coefficient (Wildman–Crippen LogP) is 3.68. The zero-order valence-electron chi connectivity index (χ0n) is 17.9. The standard InChI is InChI=1S/C22H23ClN4O4S/c1-4-9-24-21(30)26-19(28)12-32-22-25-16-11-14(23)6-7-15(16)20(29)27(22)17-10-13(2)5-8-18(17)31-3/h5-8,10-11H,4,9,12H2,1-3H3,(H2,24,26,28,30). The lowest BCUT2D eigenvalue weighted by Gasteiger charge is -2.16. The van der Waals surface area contributed by atoms with Crippen molar-refractivity contribution in [3.63, 3.8) is 0 Å². The lowest BCUT2D eigenvalue weighted by atomic mass is 10.2. The SMILES string of the molecule is CCCNC(=O)NC(=O)CSc1nc2cc(Cl)ccc2c(=O)n1-c1cc(C)ccc1OC. The Labute approximate surface area is 194 Å². The van der Waals surface area contributed by atoms with Crippen LogP contribution in [0.2, 0.25) is 5.02 Å². The summed E-state index contributed by atoms with van der Waals surface area (Å²) in [6.07, 6.45) is 0.754. The highest BCUT2D eigenvalue weighted by Gasteiger charge is 2.18. The number of ether oxygens (including phenoxy) is 1. The number of methoxy groups -OCH3 is 1. The summed E-state index contributed by atoms with van der Waals surface area (Å²) in [5.74, 6) is -0.142. The first-order valence-electron chi connectivity index (χ1n) is 9.91. The Hall–Kier alpha value is -3.04. The smallest absolute Gasteiger partial charge is 0.321 e. The maximum Gasteiger partial charge on any atom is 0.321 e. The lowest BCUT2D eigenvalue weighted by molar-refractivity contribution is -0.117. The Morgan fingerprint density at radius 1 is 1.22 bits per heavy atom. The largest absolute Gasteiger partial charge is 0.495 e. The van der Waals surface area contributed by atoms with E-state index >= 15 is 0 Å². The summed E-state index contributed by atoms with van der Waals surface area (Å²) < 4.78 is 6.88. The summed E-state index contributed by atoms with van der Waals surface area (Å²) in [7, 11) is 1.52. The molecule has 0 atom stereocenters. The van der Waals surface area contributed by atoms with Crippen molar-refractivity contribution in [2.24, 2.45) is 0 Å². The molecule has 0 spiro atoms. The number of halogens is 1. The normalized spacial score (nSPS) is 10.8. The van der Waals surface area contributed by atoms with Crippen LogP contribution >= 0.6 is 23.4 Å². The average molecular weight is 475 g/mol. The quantitative estimate of drug-likeness (QED) is 0.400. The van der Waals surface area contributed by atoms with Crippen molar-refractivity contribution >= 4 is 46.2 Å². The molecule has 32 heavy (non-hydrogen) atoms. The molecule has 10 heteroatoms. The molecule has 0 fully saturated rings. The van der Waals surface area contributed by atoms with Gasteiger partial charge in [0.25, 0.3) is 5.56 Å². The van der Waals surface area contributed by atoms with E-state index in [1.807, 2.05) is 26.0 Å². The van der Waals surface area contributed by atoms with Crippen LogP contribution in [-0.2, 0) is 4.79 Å². The van der Waals surface area contributed by atoms with E-state index < -0.39 is 11.9 Å². The van der Waals surface area contributed by atoms with E-state index in [0.717, 1.165) is 23.7 Å². The van der Waals surface area contributed by atoms with Crippen LogP contribution in [-0.4, -0.2) is 40.9 Å². The summed E-state index contributed by atoms with van der Waals surface area (Å²) >= 11 is 7.13. The van der Waals surface area contributed by atoms with Gasteiger partial charge in [0.05, 0.1) is 29.5 Å². The summed E-state index contributed by atoms with van der Waals surface area (Å²) in [5, 5.41) is 5.94. The number of aromatic nitrogens is 2. The first-order valence-corrected chi connectivity index (χ1v) is 11.3. The van der Waals surface area contributed by atoms with Gasteiger partial charge in [0, 0.05) is 11.6 Å². The number of rotatable bonds is 7. The highest BCUT2D eigenvalue weighted by atomic mass is 35.5. The van der Waals surface area contributed by atoms with Gasteiger partial charge in [-0.1, -0.05) is 36.4 Å². The van der Waals surface area contributed by atoms with E-state index in [9.17, 15) is 14.4 Å². The molecule has 0 saturated heterocycles. The second kappa shape index (κ2) is 10.5. The summed E-state index contributed by atoms with van der Waals surface area (Å²) in [6.45, 7) is 4.28. The fraction of sp³-hybridized carbons (Fsp3) is 0.273. The molecule has 0 saturated carbocycles.